The second kappa shape index (κ2) is 5.89. The van der Waals surface area contributed by atoms with Gasteiger partial charge in [0, 0.05) is 15.6 Å². The van der Waals surface area contributed by atoms with Crippen LogP contribution in [0.1, 0.15) is 4.88 Å². The molecule has 1 aromatic heterocycles. The lowest BCUT2D eigenvalue weighted by Crippen LogP contribution is -2.28. The van der Waals surface area contributed by atoms with Crippen LogP contribution in [0.2, 0.25) is 5.02 Å². The van der Waals surface area contributed by atoms with Crippen LogP contribution in [0.15, 0.2) is 41.8 Å². The number of thiophene rings is 1. The number of halogens is 1. The number of benzene rings is 1. The molecule has 1 aromatic carbocycles. The Hall–Kier alpha value is -1.52. The summed E-state index contributed by atoms with van der Waals surface area (Å²) in [5.74, 6) is -0.855. The molecule has 0 fully saturated rings. The normalized spacial score (nSPS) is 10.3. The molecule has 0 saturated heterocycles. The van der Waals surface area contributed by atoms with Gasteiger partial charge in [-0.25, -0.2) is 0 Å². The van der Waals surface area contributed by atoms with Crippen LogP contribution in [0.5, 0.6) is 0 Å². The zero-order valence-electron chi connectivity index (χ0n) is 9.54. The van der Waals surface area contributed by atoms with E-state index in [1.54, 1.807) is 28.4 Å². The van der Waals surface area contributed by atoms with Gasteiger partial charge in [-0.05, 0) is 29.6 Å². The van der Waals surface area contributed by atoms with E-state index in [-0.39, 0.29) is 6.54 Å². The van der Waals surface area contributed by atoms with E-state index in [2.05, 4.69) is 0 Å². The molecule has 0 atom stereocenters. The van der Waals surface area contributed by atoms with Gasteiger partial charge in [-0.3, -0.25) is 4.79 Å². The van der Waals surface area contributed by atoms with Crippen molar-refractivity contribution in [2.75, 3.05) is 11.4 Å². The van der Waals surface area contributed by atoms with Gasteiger partial charge in [0.25, 0.3) is 0 Å². The first kappa shape index (κ1) is 12.9. The standard InChI is InChI=1S/C13H12ClNO2S/c14-10-3-1-4-11(7-10)15(9-13(16)17)8-12-5-2-6-18-12/h1-7H,8-9H2,(H,16,17). The summed E-state index contributed by atoms with van der Waals surface area (Å²) in [7, 11) is 0. The summed E-state index contributed by atoms with van der Waals surface area (Å²) in [6.45, 7) is 0.530. The van der Waals surface area contributed by atoms with Crippen molar-refractivity contribution in [1.82, 2.24) is 0 Å². The molecule has 1 heterocycles. The molecule has 0 aliphatic carbocycles. The molecule has 0 bridgehead atoms. The minimum absolute atomic E-state index is 0.0434. The molecule has 0 radical (unpaired) electrons. The van der Waals surface area contributed by atoms with Gasteiger partial charge in [0.1, 0.15) is 6.54 Å². The fourth-order valence-corrected chi connectivity index (χ4v) is 2.57. The molecule has 5 heteroatoms. The van der Waals surface area contributed by atoms with Crippen LogP contribution in [0.3, 0.4) is 0 Å². The first-order chi connectivity index (χ1) is 8.65. The van der Waals surface area contributed by atoms with Gasteiger partial charge in [-0.15, -0.1) is 11.3 Å². The molecule has 0 saturated carbocycles. The first-order valence-corrected chi connectivity index (χ1v) is 6.65. The molecule has 3 nitrogen and oxygen atoms in total. The SMILES string of the molecule is O=C(O)CN(Cc1cccs1)c1cccc(Cl)c1. The van der Waals surface area contributed by atoms with Crippen LogP contribution in [0.4, 0.5) is 5.69 Å². The Morgan fingerprint density at radius 2 is 2.17 bits per heavy atom. The van der Waals surface area contributed by atoms with E-state index in [1.807, 2.05) is 29.6 Å². The highest BCUT2D eigenvalue weighted by atomic mass is 35.5. The van der Waals surface area contributed by atoms with Crippen molar-refractivity contribution in [3.63, 3.8) is 0 Å². The predicted octanol–water partition coefficient (Wildman–Crippen LogP) is 3.49. The molecule has 0 amide bonds. The monoisotopic (exact) mass is 281 g/mol. The topological polar surface area (TPSA) is 40.5 Å². The van der Waals surface area contributed by atoms with Crippen LogP contribution in [-0.2, 0) is 11.3 Å². The van der Waals surface area contributed by atoms with Crippen molar-refractivity contribution in [2.24, 2.45) is 0 Å². The van der Waals surface area contributed by atoms with E-state index < -0.39 is 5.97 Å². The van der Waals surface area contributed by atoms with Gasteiger partial charge in [0.05, 0.1) is 6.54 Å². The largest absolute Gasteiger partial charge is 0.480 e. The molecule has 1 N–H and O–H groups in total. The summed E-state index contributed by atoms with van der Waals surface area (Å²) >= 11 is 7.55. The number of anilines is 1. The van der Waals surface area contributed by atoms with Gasteiger partial charge in [-0.2, -0.15) is 0 Å². The van der Waals surface area contributed by atoms with Crippen LogP contribution in [0, 0.1) is 0 Å². The van der Waals surface area contributed by atoms with Crippen molar-refractivity contribution in [3.8, 4) is 0 Å². The van der Waals surface area contributed by atoms with Gasteiger partial charge in [0.2, 0.25) is 0 Å². The maximum Gasteiger partial charge on any atom is 0.323 e. The second-order valence-electron chi connectivity index (χ2n) is 3.81. The highest BCUT2D eigenvalue weighted by Gasteiger charge is 2.12. The summed E-state index contributed by atoms with van der Waals surface area (Å²) in [6, 6.07) is 11.2. The quantitative estimate of drug-likeness (QED) is 0.912. The predicted molar refractivity (Wildman–Crippen MR) is 74.5 cm³/mol. The number of hydrogen-bond donors (Lipinski definition) is 1. The molecule has 0 aliphatic rings. The molecule has 2 rings (SSSR count). The molecular weight excluding hydrogens is 270 g/mol. The molecule has 0 unspecified atom stereocenters. The molecular formula is C13H12ClNO2S. The fourth-order valence-electron chi connectivity index (χ4n) is 1.67. The minimum atomic E-state index is -0.855. The Kier molecular flexibility index (Phi) is 4.23. The molecule has 18 heavy (non-hydrogen) atoms. The summed E-state index contributed by atoms with van der Waals surface area (Å²) in [6.07, 6.45) is 0. The summed E-state index contributed by atoms with van der Waals surface area (Å²) in [5, 5.41) is 11.6. The summed E-state index contributed by atoms with van der Waals surface area (Å²) in [4.78, 5) is 13.8. The number of carboxylic acids is 1. The number of rotatable bonds is 5. The van der Waals surface area contributed by atoms with Crippen LogP contribution >= 0.6 is 22.9 Å². The Bertz CT molecular complexity index is 528. The van der Waals surface area contributed by atoms with Gasteiger partial charge in [0.15, 0.2) is 0 Å². The Morgan fingerprint density at radius 1 is 1.33 bits per heavy atom. The maximum absolute atomic E-state index is 10.9. The van der Waals surface area contributed by atoms with E-state index in [0.717, 1.165) is 10.6 Å². The van der Waals surface area contributed by atoms with E-state index in [9.17, 15) is 4.79 Å². The average molecular weight is 282 g/mol. The molecule has 0 aliphatic heterocycles. The van der Waals surface area contributed by atoms with E-state index in [1.165, 1.54) is 0 Å². The highest BCUT2D eigenvalue weighted by Crippen LogP contribution is 2.22. The third-order valence-corrected chi connectivity index (χ3v) is 3.52. The number of nitrogens with zero attached hydrogens (tertiary/aromatic N) is 1. The van der Waals surface area contributed by atoms with Crippen molar-refractivity contribution in [2.45, 2.75) is 6.54 Å². The van der Waals surface area contributed by atoms with Crippen LogP contribution in [0.25, 0.3) is 0 Å². The zero-order chi connectivity index (χ0) is 13.0. The van der Waals surface area contributed by atoms with E-state index >= 15 is 0 Å². The summed E-state index contributed by atoms with van der Waals surface area (Å²) < 4.78 is 0. The molecule has 2 aromatic rings. The molecule has 0 spiro atoms. The lowest BCUT2D eigenvalue weighted by atomic mass is 10.2. The van der Waals surface area contributed by atoms with Gasteiger partial charge >= 0.3 is 5.97 Å². The zero-order valence-corrected chi connectivity index (χ0v) is 11.1. The van der Waals surface area contributed by atoms with Crippen molar-refractivity contribution in [1.29, 1.82) is 0 Å². The van der Waals surface area contributed by atoms with E-state index in [4.69, 9.17) is 16.7 Å². The average Bonchev–Trinajstić information content (AvgIpc) is 2.80. The van der Waals surface area contributed by atoms with Gasteiger partial charge in [-0.1, -0.05) is 23.7 Å². The smallest absolute Gasteiger partial charge is 0.323 e. The van der Waals surface area contributed by atoms with Crippen LogP contribution in [-0.4, -0.2) is 17.6 Å². The Morgan fingerprint density at radius 3 is 2.78 bits per heavy atom. The number of carbonyl (C=O) groups is 1. The molecule has 94 valence electrons. The number of aliphatic carboxylic acids is 1. The highest BCUT2D eigenvalue weighted by molar-refractivity contribution is 7.09. The Balaban J connectivity index is 2.21. The maximum atomic E-state index is 10.9. The van der Waals surface area contributed by atoms with Crippen LogP contribution < -0.4 is 4.90 Å². The van der Waals surface area contributed by atoms with Crippen molar-refractivity contribution >= 4 is 34.6 Å². The first-order valence-electron chi connectivity index (χ1n) is 5.40. The van der Waals surface area contributed by atoms with Crippen molar-refractivity contribution < 1.29 is 9.90 Å². The Labute approximate surface area is 114 Å². The fraction of sp³-hybridized carbons (Fsp3) is 0.154. The number of hydrogen-bond acceptors (Lipinski definition) is 3. The number of carboxylic acid groups (broad SMARTS) is 1. The summed E-state index contributed by atoms with van der Waals surface area (Å²) in [5.41, 5.74) is 0.818. The second-order valence-corrected chi connectivity index (χ2v) is 5.28. The third kappa shape index (κ3) is 3.48. The lowest BCUT2D eigenvalue weighted by molar-refractivity contribution is -0.135. The minimum Gasteiger partial charge on any atom is -0.480 e. The van der Waals surface area contributed by atoms with E-state index in [0.29, 0.717) is 11.6 Å². The van der Waals surface area contributed by atoms with Gasteiger partial charge < -0.3 is 10.0 Å². The van der Waals surface area contributed by atoms with Crippen molar-refractivity contribution in [3.05, 3.63) is 51.7 Å². The third-order valence-electron chi connectivity index (χ3n) is 2.43. The lowest BCUT2D eigenvalue weighted by Gasteiger charge is -2.22.